The van der Waals surface area contributed by atoms with Crippen LogP contribution < -0.4 is 0 Å². The van der Waals surface area contributed by atoms with E-state index in [-0.39, 0.29) is 23.9 Å². The number of carboxylic acids is 1. The van der Waals surface area contributed by atoms with E-state index < -0.39 is 5.97 Å². The molecule has 0 saturated heterocycles. The minimum atomic E-state index is -1.02. The van der Waals surface area contributed by atoms with Crippen LogP contribution in [0.5, 0.6) is 0 Å². The fourth-order valence-corrected chi connectivity index (χ4v) is 2.69. The second-order valence-corrected chi connectivity index (χ2v) is 6.27. The first-order valence-electron chi connectivity index (χ1n) is 7.91. The van der Waals surface area contributed by atoms with Crippen molar-refractivity contribution in [3.8, 4) is 0 Å². The monoisotopic (exact) mass is 329 g/mol. The Balaban J connectivity index is 1.99. The molecule has 24 heavy (non-hydrogen) atoms. The van der Waals surface area contributed by atoms with Gasteiger partial charge in [-0.15, -0.1) is 0 Å². The van der Waals surface area contributed by atoms with Crippen molar-refractivity contribution in [1.29, 1.82) is 0 Å². The summed E-state index contributed by atoms with van der Waals surface area (Å²) < 4.78 is 5.43. The van der Waals surface area contributed by atoms with Crippen LogP contribution in [0.1, 0.15) is 39.9 Å². The molecule has 0 spiro atoms. The number of carbonyl (C=O) groups excluding carboxylic acids is 1. The van der Waals surface area contributed by atoms with Gasteiger partial charge in [0.2, 0.25) is 5.91 Å². The van der Waals surface area contributed by atoms with Crippen LogP contribution in [0, 0.1) is 19.8 Å². The highest BCUT2D eigenvalue weighted by atomic mass is 16.4. The molecule has 1 aromatic carbocycles. The smallest absolute Gasteiger partial charge is 0.339 e. The summed E-state index contributed by atoms with van der Waals surface area (Å²) in [4.78, 5) is 25.1. The lowest BCUT2D eigenvalue weighted by Gasteiger charge is -2.20. The van der Waals surface area contributed by atoms with E-state index in [1.807, 2.05) is 38.1 Å². The first kappa shape index (κ1) is 17.8. The van der Waals surface area contributed by atoms with Crippen LogP contribution in [0.25, 0.3) is 0 Å². The van der Waals surface area contributed by atoms with Crippen molar-refractivity contribution in [2.24, 2.45) is 5.92 Å². The molecule has 0 radical (unpaired) electrons. The van der Waals surface area contributed by atoms with Crippen molar-refractivity contribution >= 4 is 11.9 Å². The molecule has 5 nitrogen and oxygen atoms in total. The minimum absolute atomic E-state index is 0.00139. The number of carbonyl (C=O) groups is 2. The lowest BCUT2D eigenvalue weighted by molar-refractivity contribution is -0.134. The standard InChI is InChI=1S/C19H23NO4/c1-12-5-7-15(8-6-12)9-13(2)18(21)20(4)11-16-10-17(19(22)23)14(3)24-16/h5-8,10,13H,9,11H2,1-4H3,(H,22,23). The summed E-state index contributed by atoms with van der Waals surface area (Å²) in [5.41, 5.74) is 2.45. The molecule has 128 valence electrons. The van der Waals surface area contributed by atoms with Crippen molar-refractivity contribution in [2.75, 3.05) is 7.05 Å². The topological polar surface area (TPSA) is 70.8 Å². The van der Waals surface area contributed by atoms with Gasteiger partial charge in [-0.25, -0.2) is 4.79 Å². The number of furan rings is 1. The highest BCUT2D eigenvalue weighted by Gasteiger charge is 2.21. The minimum Gasteiger partial charge on any atom is -0.478 e. The molecule has 0 bridgehead atoms. The van der Waals surface area contributed by atoms with Crippen LogP contribution in [0.3, 0.4) is 0 Å². The normalized spacial score (nSPS) is 12.0. The summed E-state index contributed by atoms with van der Waals surface area (Å²) in [6.45, 7) is 5.79. The molecule has 2 rings (SSSR count). The van der Waals surface area contributed by atoms with Crippen LogP contribution >= 0.6 is 0 Å². The Morgan fingerprint density at radius 3 is 2.38 bits per heavy atom. The van der Waals surface area contributed by atoms with Gasteiger partial charge in [0, 0.05) is 13.0 Å². The number of rotatable bonds is 6. The zero-order valence-corrected chi connectivity index (χ0v) is 14.5. The van der Waals surface area contributed by atoms with Crippen molar-refractivity contribution in [2.45, 2.75) is 33.7 Å². The van der Waals surface area contributed by atoms with Gasteiger partial charge in [-0.3, -0.25) is 4.79 Å². The Hall–Kier alpha value is -2.56. The molecule has 0 fully saturated rings. The van der Waals surface area contributed by atoms with Crippen LogP contribution in [-0.2, 0) is 17.8 Å². The Morgan fingerprint density at radius 1 is 1.21 bits per heavy atom. The molecular formula is C19H23NO4. The molecule has 1 N–H and O–H groups in total. The number of nitrogens with zero attached hydrogens (tertiary/aromatic N) is 1. The largest absolute Gasteiger partial charge is 0.478 e. The maximum atomic E-state index is 12.5. The zero-order valence-electron chi connectivity index (χ0n) is 14.5. The van der Waals surface area contributed by atoms with E-state index >= 15 is 0 Å². The van der Waals surface area contributed by atoms with E-state index in [0.29, 0.717) is 17.9 Å². The van der Waals surface area contributed by atoms with Crippen LogP contribution in [-0.4, -0.2) is 28.9 Å². The molecule has 0 saturated carbocycles. The van der Waals surface area contributed by atoms with Crippen molar-refractivity contribution in [3.05, 3.63) is 58.5 Å². The maximum absolute atomic E-state index is 12.5. The molecule has 1 amide bonds. The first-order valence-corrected chi connectivity index (χ1v) is 7.91. The lowest BCUT2D eigenvalue weighted by atomic mass is 9.99. The Morgan fingerprint density at radius 2 is 1.83 bits per heavy atom. The van der Waals surface area contributed by atoms with Crippen LogP contribution in [0.15, 0.2) is 34.7 Å². The molecule has 0 aliphatic heterocycles. The molecule has 1 unspecified atom stereocenters. The number of benzene rings is 1. The molecule has 1 aromatic heterocycles. The van der Waals surface area contributed by atoms with Gasteiger partial charge in [0.1, 0.15) is 17.1 Å². The fraction of sp³-hybridized carbons (Fsp3) is 0.368. The van der Waals surface area contributed by atoms with Gasteiger partial charge in [0.15, 0.2) is 0 Å². The molecule has 0 aliphatic rings. The van der Waals surface area contributed by atoms with Crippen LogP contribution in [0.4, 0.5) is 0 Å². The second-order valence-electron chi connectivity index (χ2n) is 6.27. The number of carboxylic acid groups (broad SMARTS) is 1. The van der Waals surface area contributed by atoms with Gasteiger partial charge in [-0.05, 0) is 31.9 Å². The number of hydrogen-bond donors (Lipinski definition) is 1. The fourth-order valence-electron chi connectivity index (χ4n) is 2.69. The second kappa shape index (κ2) is 7.34. The summed E-state index contributed by atoms with van der Waals surface area (Å²) >= 11 is 0. The molecule has 1 atom stereocenters. The molecule has 0 aliphatic carbocycles. The number of aromatic carboxylic acids is 1. The third kappa shape index (κ3) is 4.25. The van der Waals surface area contributed by atoms with Gasteiger partial charge in [-0.1, -0.05) is 36.8 Å². The quantitative estimate of drug-likeness (QED) is 0.881. The van der Waals surface area contributed by atoms with E-state index in [1.54, 1.807) is 18.9 Å². The highest BCUT2D eigenvalue weighted by Crippen LogP contribution is 2.18. The van der Waals surface area contributed by atoms with Gasteiger partial charge in [-0.2, -0.15) is 0 Å². The van der Waals surface area contributed by atoms with Gasteiger partial charge in [0.25, 0.3) is 0 Å². The van der Waals surface area contributed by atoms with Crippen LogP contribution in [0.2, 0.25) is 0 Å². The Labute approximate surface area is 141 Å². The maximum Gasteiger partial charge on any atom is 0.339 e. The summed E-state index contributed by atoms with van der Waals surface area (Å²) in [6, 6.07) is 9.62. The molecule has 2 aromatic rings. The van der Waals surface area contributed by atoms with E-state index in [0.717, 1.165) is 5.56 Å². The van der Waals surface area contributed by atoms with Gasteiger partial charge >= 0.3 is 5.97 Å². The van der Waals surface area contributed by atoms with Gasteiger partial charge in [0.05, 0.1) is 6.54 Å². The van der Waals surface area contributed by atoms with Crippen molar-refractivity contribution < 1.29 is 19.1 Å². The Bertz CT molecular complexity index is 730. The Kier molecular flexibility index (Phi) is 5.44. The lowest BCUT2D eigenvalue weighted by Crippen LogP contribution is -2.32. The summed E-state index contributed by atoms with van der Waals surface area (Å²) in [5.74, 6) is -0.354. The van der Waals surface area contributed by atoms with E-state index in [2.05, 4.69) is 0 Å². The SMILES string of the molecule is Cc1ccc(CC(C)C(=O)N(C)Cc2cc(C(=O)O)c(C)o2)cc1. The average molecular weight is 329 g/mol. The van der Waals surface area contributed by atoms with Crippen molar-refractivity contribution in [3.63, 3.8) is 0 Å². The van der Waals surface area contributed by atoms with Gasteiger partial charge < -0.3 is 14.4 Å². The predicted molar refractivity (Wildman–Crippen MR) is 90.9 cm³/mol. The number of amides is 1. The average Bonchev–Trinajstić information content (AvgIpc) is 2.89. The summed E-state index contributed by atoms with van der Waals surface area (Å²) in [6.07, 6.45) is 0.668. The summed E-state index contributed by atoms with van der Waals surface area (Å²) in [7, 11) is 1.70. The summed E-state index contributed by atoms with van der Waals surface area (Å²) in [5, 5.41) is 9.05. The van der Waals surface area contributed by atoms with E-state index in [4.69, 9.17) is 9.52 Å². The zero-order chi connectivity index (χ0) is 17.9. The highest BCUT2D eigenvalue weighted by molar-refractivity contribution is 5.88. The van der Waals surface area contributed by atoms with Crippen molar-refractivity contribution in [1.82, 2.24) is 4.90 Å². The third-order valence-corrected chi connectivity index (χ3v) is 4.05. The first-order chi connectivity index (χ1) is 11.3. The number of hydrogen-bond acceptors (Lipinski definition) is 3. The predicted octanol–water partition coefficient (Wildman–Crippen LogP) is 3.43. The third-order valence-electron chi connectivity index (χ3n) is 4.05. The van der Waals surface area contributed by atoms with E-state index in [1.165, 1.54) is 11.6 Å². The number of aryl methyl sites for hydroxylation is 2. The molecule has 1 heterocycles. The molecule has 5 heteroatoms. The molecular weight excluding hydrogens is 306 g/mol. The van der Waals surface area contributed by atoms with E-state index in [9.17, 15) is 9.59 Å².